The van der Waals surface area contributed by atoms with Crippen LogP contribution in [-0.2, 0) is 9.31 Å². The number of hydrogen-bond acceptors (Lipinski definition) is 3. The molecule has 1 aromatic heterocycles. The maximum absolute atomic E-state index is 6.14. The second-order valence-corrected chi connectivity index (χ2v) is 6.84. The van der Waals surface area contributed by atoms with E-state index in [0.29, 0.717) is 5.92 Å². The predicted molar refractivity (Wildman–Crippen MR) is 83.4 cm³/mol. The SMILES string of the molecule is CCC(C)c1cnc(C)c(B2OC(C)(C)C(C)(C)O2)c1. The van der Waals surface area contributed by atoms with Crippen LogP contribution in [0.15, 0.2) is 12.3 Å². The summed E-state index contributed by atoms with van der Waals surface area (Å²) in [5.41, 5.74) is 2.67. The third-order valence-electron chi connectivity index (χ3n) is 4.84. The smallest absolute Gasteiger partial charge is 0.399 e. The minimum Gasteiger partial charge on any atom is -0.399 e. The van der Waals surface area contributed by atoms with Crippen molar-refractivity contribution >= 4 is 12.6 Å². The summed E-state index contributed by atoms with van der Waals surface area (Å²) in [5, 5.41) is 0. The maximum Gasteiger partial charge on any atom is 0.496 e. The Hall–Kier alpha value is -0.865. The highest BCUT2D eigenvalue weighted by Gasteiger charge is 2.52. The van der Waals surface area contributed by atoms with Crippen molar-refractivity contribution in [1.29, 1.82) is 0 Å². The normalized spacial score (nSPS) is 22.1. The Balaban J connectivity index is 2.34. The number of aromatic nitrogens is 1. The summed E-state index contributed by atoms with van der Waals surface area (Å²) in [7, 11) is -0.323. The number of rotatable bonds is 3. The molecule has 1 atom stereocenters. The van der Waals surface area contributed by atoms with Gasteiger partial charge in [-0.1, -0.05) is 19.9 Å². The molecule has 0 bridgehead atoms. The first-order valence-corrected chi connectivity index (χ1v) is 7.50. The van der Waals surface area contributed by atoms with Crippen LogP contribution in [0, 0.1) is 6.92 Å². The molecule has 0 N–H and O–H groups in total. The predicted octanol–water partition coefficient (Wildman–Crippen LogP) is 3.20. The molecule has 0 saturated carbocycles. The number of nitrogens with zero attached hydrogens (tertiary/aromatic N) is 1. The third-order valence-corrected chi connectivity index (χ3v) is 4.84. The summed E-state index contributed by atoms with van der Waals surface area (Å²) in [6, 6.07) is 2.19. The molecular weight excluding hydrogens is 249 g/mol. The van der Waals surface area contributed by atoms with Crippen LogP contribution in [0.1, 0.15) is 65.1 Å². The molecule has 110 valence electrons. The highest BCUT2D eigenvalue weighted by molar-refractivity contribution is 6.62. The van der Waals surface area contributed by atoms with Gasteiger partial charge in [-0.25, -0.2) is 0 Å². The van der Waals surface area contributed by atoms with Crippen molar-refractivity contribution in [2.45, 2.75) is 72.0 Å². The molecule has 0 aliphatic carbocycles. The van der Waals surface area contributed by atoms with Gasteiger partial charge in [0.2, 0.25) is 0 Å². The van der Waals surface area contributed by atoms with Gasteiger partial charge in [-0.15, -0.1) is 0 Å². The van der Waals surface area contributed by atoms with E-state index in [2.05, 4.69) is 52.6 Å². The Morgan fingerprint density at radius 3 is 2.25 bits per heavy atom. The lowest BCUT2D eigenvalue weighted by Crippen LogP contribution is -2.41. The number of aryl methyl sites for hydroxylation is 1. The number of pyridine rings is 1. The third kappa shape index (κ3) is 2.64. The molecule has 1 aliphatic heterocycles. The van der Waals surface area contributed by atoms with E-state index in [1.807, 2.05) is 13.1 Å². The monoisotopic (exact) mass is 275 g/mol. The fourth-order valence-electron chi connectivity index (χ4n) is 2.28. The van der Waals surface area contributed by atoms with E-state index in [4.69, 9.17) is 9.31 Å². The molecule has 1 fully saturated rings. The molecule has 1 aromatic rings. The van der Waals surface area contributed by atoms with Gasteiger partial charge >= 0.3 is 7.12 Å². The molecule has 2 heterocycles. The lowest BCUT2D eigenvalue weighted by molar-refractivity contribution is 0.00578. The summed E-state index contributed by atoms with van der Waals surface area (Å²) >= 11 is 0. The Morgan fingerprint density at radius 2 is 1.75 bits per heavy atom. The van der Waals surface area contributed by atoms with Crippen LogP contribution in [0.2, 0.25) is 0 Å². The molecule has 4 heteroatoms. The Morgan fingerprint density at radius 1 is 1.20 bits per heavy atom. The van der Waals surface area contributed by atoms with Crippen molar-refractivity contribution < 1.29 is 9.31 Å². The molecule has 1 unspecified atom stereocenters. The van der Waals surface area contributed by atoms with E-state index in [1.165, 1.54) is 5.56 Å². The standard InChI is InChI=1S/C16H26BNO2/c1-8-11(2)13-9-14(12(3)18-10-13)17-19-15(4,5)16(6,7)20-17/h9-11H,8H2,1-7H3. The van der Waals surface area contributed by atoms with Crippen molar-refractivity contribution in [3.63, 3.8) is 0 Å². The minimum atomic E-state index is -0.323. The van der Waals surface area contributed by atoms with Crippen molar-refractivity contribution in [2.75, 3.05) is 0 Å². The molecule has 1 aliphatic rings. The highest BCUT2D eigenvalue weighted by Crippen LogP contribution is 2.36. The zero-order chi connectivity index (χ0) is 15.1. The first kappa shape index (κ1) is 15.5. The van der Waals surface area contributed by atoms with Gasteiger partial charge in [-0.3, -0.25) is 4.98 Å². The number of hydrogen-bond donors (Lipinski definition) is 0. The topological polar surface area (TPSA) is 31.4 Å². The van der Waals surface area contributed by atoms with Gasteiger partial charge in [-0.2, -0.15) is 0 Å². The van der Waals surface area contributed by atoms with Gasteiger partial charge in [0.25, 0.3) is 0 Å². The van der Waals surface area contributed by atoms with E-state index in [-0.39, 0.29) is 18.3 Å². The van der Waals surface area contributed by atoms with Gasteiger partial charge in [-0.05, 0) is 52.5 Å². The Labute approximate surface area is 123 Å². The van der Waals surface area contributed by atoms with Crippen LogP contribution in [0.3, 0.4) is 0 Å². The lowest BCUT2D eigenvalue weighted by Gasteiger charge is -2.32. The summed E-state index contributed by atoms with van der Waals surface area (Å²) in [6.45, 7) is 14.7. The van der Waals surface area contributed by atoms with Gasteiger partial charge in [0.1, 0.15) is 0 Å². The van der Waals surface area contributed by atoms with Gasteiger partial charge < -0.3 is 9.31 Å². The maximum atomic E-state index is 6.14. The quantitative estimate of drug-likeness (QED) is 0.794. The molecular formula is C16H26BNO2. The first-order chi connectivity index (χ1) is 9.18. The molecule has 0 spiro atoms. The van der Waals surface area contributed by atoms with Crippen LogP contribution in [0.5, 0.6) is 0 Å². The molecule has 0 radical (unpaired) electrons. The van der Waals surface area contributed by atoms with Crippen molar-refractivity contribution in [2.24, 2.45) is 0 Å². The molecule has 0 amide bonds. The van der Waals surface area contributed by atoms with Gasteiger partial charge in [0.15, 0.2) is 0 Å². The van der Waals surface area contributed by atoms with Crippen LogP contribution < -0.4 is 5.46 Å². The Kier molecular flexibility index (Phi) is 4.00. The summed E-state index contributed by atoms with van der Waals surface area (Å²) in [5.74, 6) is 0.504. The average molecular weight is 275 g/mol. The van der Waals surface area contributed by atoms with E-state index >= 15 is 0 Å². The zero-order valence-electron chi connectivity index (χ0n) is 13.8. The fourth-order valence-corrected chi connectivity index (χ4v) is 2.28. The first-order valence-electron chi connectivity index (χ1n) is 7.50. The van der Waals surface area contributed by atoms with Crippen LogP contribution >= 0.6 is 0 Å². The molecule has 2 rings (SSSR count). The van der Waals surface area contributed by atoms with Crippen LogP contribution in [0.25, 0.3) is 0 Å². The Bertz CT molecular complexity index is 483. The highest BCUT2D eigenvalue weighted by atomic mass is 16.7. The van der Waals surface area contributed by atoms with E-state index in [0.717, 1.165) is 17.6 Å². The molecule has 20 heavy (non-hydrogen) atoms. The van der Waals surface area contributed by atoms with Crippen molar-refractivity contribution in [3.8, 4) is 0 Å². The fraction of sp³-hybridized carbons (Fsp3) is 0.688. The summed E-state index contributed by atoms with van der Waals surface area (Å²) < 4.78 is 12.3. The molecule has 0 aromatic carbocycles. The largest absolute Gasteiger partial charge is 0.496 e. The van der Waals surface area contributed by atoms with Crippen LogP contribution in [0.4, 0.5) is 0 Å². The van der Waals surface area contributed by atoms with E-state index < -0.39 is 0 Å². The van der Waals surface area contributed by atoms with Crippen molar-refractivity contribution in [3.05, 3.63) is 23.5 Å². The zero-order valence-corrected chi connectivity index (χ0v) is 13.8. The molecule has 1 saturated heterocycles. The summed E-state index contributed by atoms with van der Waals surface area (Å²) in [6.07, 6.45) is 3.08. The van der Waals surface area contributed by atoms with Gasteiger partial charge in [0, 0.05) is 17.4 Å². The lowest BCUT2D eigenvalue weighted by atomic mass is 9.76. The van der Waals surface area contributed by atoms with Crippen LogP contribution in [-0.4, -0.2) is 23.3 Å². The second-order valence-electron chi connectivity index (χ2n) is 6.84. The van der Waals surface area contributed by atoms with Gasteiger partial charge in [0.05, 0.1) is 11.2 Å². The average Bonchev–Trinajstić information content (AvgIpc) is 2.58. The van der Waals surface area contributed by atoms with Crippen molar-refractivity contribution in [1.82, 2.24) is 4.98 Å². The minimum absolute atomic E-state index is 0.309. The van der Waals surface area contributed by atoms with E-state index in [9.17, 15) is 0 Å². The second kappa shape index (κ2) is 5.16. The summed E-state index contributed by atoms with van der Waals surface area (Å²) in [4.78, 5) is 4.53. The molecule has 3 nitrogen and oxygen atoms in total. The van der Waals surface area contributed by atoms with E-state index in [1.54, 1.807) is 0 Å².